The molecule has 0 fully saturated rings. The van der Waals surface area contributed by atoms with Crippen LogP contribution >= 0.6 is 0 Å². The molecule has 0 saturated heterocycles. The average molecular weight is 213 g/mol. The third-order valence-electron chi connectivity index (χ3n) is 2.40. The highest BCUT2D eigenvalue weighted by atomic mass is 14.8. The summed E-state index contributed by atoms with van der Waals surface area (Å²) < 4.78 is 0. The van der Waals surface area contributed by atoms with E-state index in [0.717, 1.165) is 0 Å². The fourth-order valence-electron chi connectivity index (χ4n) is 1.46. The van der Waals surface area contributed by atoms with E-state index in [2.05, 4.69) is 43.1 Å². The molecule has 0 aliphatic heterocycles. The molecule has 0 aromatic rings. The molecule has 0 spiro atoms. The van der Waals surface area contributed by atoms with Gasteiger partial charge in [0, 0.05) is 6.20 Å². The molecule has 0 saturated carbocycles. The molecule has 1 nitrogen and oxygen atoms in total. The van der Waals surface area contributed by atoms with Crippen LogP contribution in [0.25, 0.3) is 0 Å². The van der Waals surface area contributed by atoms with Crippen LogP contribution < -0.4 is 5.32 Å². The predicted octanol–water partition coefficient (Wildman–Crippen LogP) is 4.01. The van der Waals surface area contributed by atoms with Gasteiger partial charge in [-0.3, -0.25) is 0 Å². The van der Waals surface area contributed by atoms with Crippen molar-refractivity contribution >= 4 is 0 Å². The third-order valence-corrected chi connectivity index (χ3v) is 2.40. The summed E-state index contributed by atoms with van der Waals surface area (Å²) in [6, 6.07) is 0. The van der Waals surface area contributed by atoms with Crippen LogP contribution in [0.3, 0.4) is 0 Å². The molecular weight excluding hydrogens is 194 g/mol. The standard InChI is InChI=1S/C15H19N/c1-3-16-13-9-5-4-6-11-15-12-8-7-10-14(15)2/h3-6,8-9,11-13,16H,1,7,10H2,2H3/b5-4-,11-6-,13-9+. The summed E-state index contributed by atoms with van der Waals surface area (Å²) in [5, 5.41) is 2.88. The van der Waals surface area contributed by atoms with E-state index in [1.165, 1.54) is 24.0 Å². The number of rotatable bonds is 5. The van der Waals surface area contributed by atoms with Gasteiger partial charge in [-0.2, -0.15) is 0 Å². The molecule has 0 unspecified atom stereocenters. The average Bonchev–Trinajstić information content (AvgIpc) is 2.30. The fourth-order valence-corrected chi connectivity index (χ4v) is 1.46. The third kappa shape index (κ3) is 4.65. The van der Waals surface area contributed by atoms with Gasteiger partial charge in [-0.25, -0.2) is 0 Å². The van der Waals surface area contributed by atoms with Gasteiger partial charge in [0.05, 0.1) is 0 Å². The van der Waals surface area contributed by atoms with E-state index in [4.69, 9.17) is 0 Å². The van der Waals surface area contributed by atoms with Gasteiger partial charge in [0.2, 0.25) is 0 Å². The molecule has 0 bridgehead atoms. The zero-order chi connectivity index (χ0) is 11.6. The largest absolute Gasteiger partial charge is 0.368 e. The molecule has 84 valence electrons. The molecule has 0 aromatic heterocycles. The lowest BCUT2D eigenvalue weighted by Gasteiger charge is -2.07. The Labute approximate surface area is 98.3 Å². The van der Waals surface area contributed by atoms with Gasteiger partial charge in [-0.15, -0.1) is 0 Å². The Kier molecular flexibility index (Phi) is 5.79. The van der Waals surface area contributed by atoms with Crippen LogP contribution in [-0.4, -0.2) is 0 Å². The summed E-state index contributed by atoms with van der Waals surface area (Å²) in [6.45, 7) is 5.75. The Morgan fingerprint density at radius 3 is 2.81 bits per heavy atom. The number of hydrogen-bond acceptors (Lipinski definition) is 1. The lowest BCUT2D eigenvalue weighted by Crippen LogP contribution is -1.88. The lowest BCUT2D eigenvalue weighted by atomic mass is 9.99. The fraction of sp³-hybridized carbons (Fsp3) is 0.200. The van der Waals surface area contributed by atoms with Gasteiger partial charge in [0.15, 0.2) is 0 Å². The summed E-state index contributed by atoms with van der Waals surface area (Å²) in [6.07, 6.45) is 20.4. The highest BCUT2D eigenvalue weighted by molar-refractivity contribution is 5.38. The quantitative estimate of drug-likeness (QED) is 0.680. The Bertz CT molecular complexity index is 365. The summed E-state index contributed by atoms with van der Waals surface area (Å²) in [4.78, 5) is 0. The molecule has 0 aromatic carbocycles. The monoisotopic (exact) mass is 213 g/mol. The SMILES string of the molecule is C=CN/C=C/C=C\C=C/C1=C(C)CCC=C1. The van der Waals surface area contributed by atoms with Crippen LogP contribution in [0.1, 0.15) is 19.8 Å². The van der Waals surface area contributed by atoms with Gasteiger partial charge < -0.3 is 5.32 Å². The van der Waals surface area contributed by atoms with Crippen LogP contribution in [0.15, 0.2) is 72.7 Å². The number of allylic oxidation sites excluding steroid dienone is 9. The molecule has 1 aliphatic carbocycles. The number of nitrogens with one attached hydrogen (secondary N) is 1. The van der Waals surface area contributed by atoms with E-state index in [1.807, 2.05) is 24.4 Å². The first kappa shape index (κ1) is 12.3. The van der Waals surface area contributed by atoms with E-state index >= 15 is 0 Å². The lowest BCUT2D eigenvalue weighted by molar-refractivity contribution is 0.948. The van der Waals surface area contributed by atoms with E-state index in [9.17, 15) is 0 Å². The van der Waals surface area contributed by atoms with E-state index in [-0.39, 0.29) is 0 Å². The second-order valence-electron chi connectivity index (χ2n) is 3.65. The minimum atomic E-state index is 1.18. The van der Waals surface area contributed by atoms with E-state index < -0.39 is 0 Å². The van der Waals surface area contributed by atoms with Crippen molar-refractivity contribution in [3.63, 3.8) is 0 Å². The molecule has 1 N–H and O–H groups in total. The minimum absolute atomic E-state index is 1.18. The van der Waals surface area contributed by atoms with Gasteiger partial charge in [-0.1, -0.05) is 48.6 Å². The zero-order valence-corrected chi connectivity index (χ0v) is 9.82. The maximum absolute atomic E-state index is 3.55. The maximum Gasteiger partial charge on any atom is 0.000418 e. The van der Waals surface area contributed by atoms with Crippen LogP contribution in [0.5, 0.6) is 0 Å². The zero-order valence-electron chi connectivity index (χ0n) is 9.82. The second kappa shape index (κ2) is 7.52. The highest BCUT2D eigenvalue weighted by Gasteiger charge is 1.98. The second-order valence-corrected chi connectivity index (χ2v) is 3.65. The normalized spacial score (nSPS) is 16.8. The van der Waals surface area contributed by atoms with Crippen molar-refractivity contribution in [2.45, 2.75) is 19.8 Å². The summed E-state index contributed by atoms with van der Waals surface area (Å²) in [5.41, 5.74) is 2.81. The smallest absolute Gasteiger partial charge is 0.000418 e. The van der Waals surface area contributed by atoms with Crippen molar-refractivity contribution in [2.75, 3.05) is 0 Å². The van der Waals surface area contributed by atoms with Gasteiger partial charge in [-0.05, 0) is 37.6 Å². The molecule has 0 atom stereocenters. The first-order valence-electron chi connectivity index (χ1n) is 5.57. The van der Waals surface area contributed by atoms with Gasteiger partial charge in [0.1, 0.15) is 0 Å². The van der Waals surface area contributed by atoms with Crippen molar-refractivity contribution in [1.29, 1.82) is 0 Å². The summed E-state index contributed by atoms with van der Waals surface area (Å²) >= 11 is 0. The Hall–Kier alpha value is -1.76. The van der Waals surface area contributed by atoms with Crippen molar-refractivity contribution in [1.82, 2.24) is 5.32 Å². The maximum atomic E-state index is 3.55. The molecule has 0 heterocycles. The summed E-state index contributed by atoms with van der Waals surface area (Å²) in [5.74, 6) is 0. The van der Waals surface area contributed by atoms with E-state index in [1.54, 1.807) is 6.20 Å². The molecular formula is C15H19N. The Balaban J connectivity index is 2.42. The van der Waals surface area contributed by atoms with Crippen LogP contribution in [0.2, 0.25) is 0 Å². The molecule has 16 heavy (non-hydrogen) atoms. The molecule has 0 amide bonds. The topological polar surface area (TPSA) is 12.0 Å². The predicted molar refractivity (Wildman–Crippen MR) is 71.8 cm³/mol. The molecule has 1 aliphatic rings. The van der Waals surface area contributed by atoms with Crippen LogP contribution in [0, 0.1) is 0 Å². The molecule has 1 heteroatoms. The molecule has 0 radical (unpaired) electrons. The minimum Gasteiger partial charge on any atom is -0.368 e. The van der Waals surface area contributed by atoms with Crippen molar-refractivity contribution in [3.8, 4) is 0 Å². The van der Waals surface area contributed by atoms with Crippen molar-refractivity contribution in [3.05, 3.63) is 72.7 Å². The number of hydrogen-bond donors (Lipinski definition) is 1. The first-order valence-corrected chi connectivity index (χ1v) is 5.57. The van der Waals surface area contributed by atoms with Crippen LogP contribution in [0.4, 0.5) is 0 Å². The van der Waals surface area contributed by atoms with E-state index in [0.29, 0.717) is 0 Å². The molecule has 1 rings (SSSR count). The van der Waals surface area contributed by atoms with Crippen LogP contribution in [-0.2, 0) is 0 Å². The summed E-state index contributed by atoms with van der Waals surface area (Å²) in [7, 11) is 0. The van der Waals surface area contributed by atoms with Gasteiger partial charge >= 0.3 is 0 Å². The Morgan fingerprint density at radius 2 is 2.06 bits per heavy atom. The first-order chi connectivity index (χ1) is 7.84. The van der Waals surface area contributed by atoms with Crippen molar-refractivity contribution in [2.24, 2.45) is 0 Å². The van der Waals surface area contributed by atoms with Crippen molar-refractivity contribution < 1.29 is 0 Å². The highest BCUT2D eigenvalue weighted by Crippen LogP contribution is 2.18. The van der Waals surface area contributed by atoms with Gasteiger partial charge in [0.25, 0.3) is 0 Å². The Morgan fingerprint density at radius 1 is 1.25 bits per heavy atom.